The quantitative estimate of drug-likeness (QED) is 0.449. The van der Waals surface area contributed by atoms with E-state index >= 15 is 0 Å². The standard InChI is InChI=1S/C30H30N4O2/c1-31-28(35)18-25-21-33(30(36)27-20-32-19-24-14-8-9-15-26(24)27)16-17-34(25)29(22-10-4-2-5-11-22)23-12-6-3-7-13-23/h2-15,19-20,25,29H,16-18,21H2,1H3,(H,31,35)/t25-/m0/s1. The summed E-state index contributed by atoms with van der Waals surface area (Å²) in [7, 11) is 1.66. The summed E-state index contributed by atoms with van der Waals surface area (Å²) < 4.78 is 0. The van der Waals surface area contributed by atoms with Gasteiger partial charge in [-0.3, -0.25) is 19.5 Å². The van der Waals surface area contributed by atoms with Crippen LogP contribution in [0.2, 0.25) is 0 Å². The van der Waals surface area contributed by atoms with E-state index in [1.807, 2.05) is 65.6 Å². The van der Waals surface area contributed by atoms with Crippen molar-refractivity contribution in [2.75, 3.05) is 26.7 Å². The van der Waals surface area contributed by atoms with Gasteiger partial charge in [-0.05, 0) is 16.5 Å². The lowest BCUT2D eigenvalue weighted by Crippen LogP contribution is -2.56. The van der Waals surface area contributed by atoms with E-state index in [2.05, 4.69) is 39.5 Å². The number of amides is 2. The Labute approximate surface area is 211 Å². The van der Waals surface area contributed by atoms with Crippen LogP contribution in [0.15, 0.2) is 97.3 Å². The first-order valence-electron chi connectivity index (χ1n) is 12.3. The number of carbonyl (C=O) groups is 2. The Kier molecular flexibility index (Phi) is 7.05. The monoisotopic (exact) mass is 478 g/mol. The highest BCUT2D eigenvalue weighted by Gasteiger charge is 2.36. The van der Waals surface area contributed by atoms with Gasteiger partial charge in [0.25, 0.3) is 5.91 Å². The summed E-state index contributed by atoms with van der Waals surface area (Å²) in [4.78, 5) is 34.9. The molecule has 4 aromatic rings. The second-order valence-corrected chi connectivity index (χ2v) is 9.15. The number of carbonyl (C=O) groups excluding carboxylic acids is 2. The van der Waals surface area contributed by atoms with Crippen LogP contribution in [0.1, 0.15) is 33.9 Å². The van der Waals surface area contributed by atoms with Gasteiger partial charge in [0.15, 0.2) is 0 Å². The number of piperazine rings is 1. The van der Waals surface area contributed by atoms with Gasteiger partial charge in [-0.1, -0.05) is 84.9 Å². The highest BCUT2D eigenvalue weighted by Crippen LogP contribution is 2.33. The smallest absolute Gasteiger partial charge is 0.256 e. The molecule has 182 valence electrons. The van der Waals surface area contributed by atoms with Gasteiger partial charge >= 0.3 is 0 Å². The molecule has 1 aliphatic rings. The predicted octanol–water partition coefficient (Wildman–Crippen LogP) is 4.29. The molecule has 0 unspecified atom stereocenters. The van der Waals surface area contributed by atoms with Crippen molar-refractivity contribution in [3.63, 3.8) is 0 Å². The van der Waals surface area contributed by atoms with E-state index in [9.17, 15) is 9.59 Å². The molecular formula is C30H30N4O2. The molecule has 1 atom stereocenters. The lowest BCUT2D eigenvalue weighted by molar-refractivity contribution is -0.122. The van der Waals surface area contributed by atoms with Crippen LogP contribution in [0.3, 0.4) is 0 Å². The van der Waals surface area contributed by atoms with Crippen LogP contribution in [-0.4, -0.2) is 59.3 Å². The molecule has 0 spiro atoms. The molecule has 2 amide bonds. The molecule has 1 aliphatic heterocycles. The molecule has 36 heavy (non-hydrogen) atoms. The van der Waals surface area contributed by atoms with Crippen molar-refractivity contribution in [3.05, 3.63) is 114 Å². The third-order valence-corrected chi connectivity index (χ3v) is 6.98. The van der Waals surface area contributed by atoms with Crippen molar-refractivity contribution in [2.45, 2.75) is 18.5 Å². The fourth-order valence-electron chi connectivity index (χ4n) is 5.19. The number of hydrogen-bond donors (Lipinski definition) is 1. The average Bonchev–Trinajstić information content (AvgIpc) is 2.94. The van der Waals surface area contributed by atoms with Crippen molar-refractivity contribution in [3.8, 4) is 0 Å². The molecule has 5 rings (SSSR count). The van der Waals surface area contributed by atoms with Gasteiger partial charge in [-0.15, -0.1) is 0 Å². The molecule has 1 N–H and O–H groups in total. The number of nitrogens with zero attached hydrogens (tertiary/aromatic N) is 3. The maximum atomic E-state index is 13.7. The minimum Gasteiger partial charge on any atom is -0.359 e. The SMILES string of the molecule is CNC(=O)C[C@H]1CN(C(=O)c2cncc3ccccc23)CCN1C(c1ccccc1)c1ccccc1. The van der Waals surface area contributed by atoms with Crippen molar-refractivity contribution in [1.29, 1.82) is 0 Å². The second-order valence-electron chi connectivity index (χ2n) is 9.15. The van der Waals surface area contributed by atoms with E-state index in [1.165, 1.54) is 11.1 Å². The van der Waals surface area contributed by atoms with Crippen LogP contribution in [-0.2, 0) is 4.79 Å². The molecular weight excluding hydrogens is 448 g/mol. The molecule has 0 bridgehead atoms. The normalized spacial score (nSPS) is 16.3. The van der Waals surface area contributed by atoms with Crippen LogP contribution in [0.4, 0.5) is 0 Å². The Bertz CT molecular complexity index is 1300. The predicted molar refractivity (Wildman–Crippen MR) is 142 cm³/mol. The van der Waals surface area contributed by atoms with E-state index in [0.717, 1.165) is 10.8 Å². The Morgan fingerprint density at radius 1 is 0.889 bits per heavy atom. The molecule has 3 aromatic carbocycles. The molecule has 1 saturated heterocycles. The van der Waals surface area contributed by atoms with E-state index in [-0.39, 0.29) is 23.9 Å². The van der Waals surface area contributed by atoms with E-state index in [0.29, 0.717) is 31.6 Å². The molecule has 6 nitrogen and oxygen atoms in total. The first-order valence-corrected chi connectivity index (χ1v) is 12.3. The number of benzene rings is 3. The van der Waals surface area contributed by atoms with Crippen LogP contribution in [0, 0.1) is 0 Å². The number of fused-ring (bicyclic) bond motifs is 1. The third kappa shape index (κ3) is 4.86. The van der Waals surface area contributed by atoms with Gasteiger partial charge in [-0.2, -0.15) is 0 Å². The van der Waals surface area contributed by atoms with E-state index in [1.54, 1.807) is 19.4 Å². The summed E-state index contributed by atoms with van der Waals surface area (Å²) >= 11 is 0. The Hall–Kier alpha value is -4.03. The summed E-state index contributed by atoms with van der Waals surface area (Å²) in [6.07, 6.45) is 3.74. The van der Waals surface area contributed by atoms with Gasteiger partial charge in [0.05, 0.1) is 11.6 Å². The molecule has 6 heteroatoms. The van der Waals surface area contributed by atoms with Crippen molar-refractivity contribution < 1.29 is 9.59 Å². The van der Waals surface area contributed by atoms with Crippen LogP contribution < -0.4 is 5.32 Å². The Balaban J connectivity index is 1.48. The zero-order valence-corrected chi connectivity index (χ0v) is 20.4. The lowest BCUT2D eigenvalue weighted by Gasteiger charge is -2.45. The molecule has 2 heterocycles. The summed E-state index contributed by atoms with van der Waals surface area (Å²) in [5.41, 5.74) is 2.94. The third-order valence-electron chi connectivity index (χ3n) is 6.98. The molecule has 0 aliphatic carbocycles. The number of hydrogen-bond acceptors (Lipinski definition) is 4. The summed E-state index contributed by atoms with van der Waals surface area (Å²) in [6, 6.07) is 28.4. The maximum Gasteiger partial charge on any atom is 0.256 e. The summed E-state index contributed by atoms with van der Waals surface area (Å²) in [5.74, 6) is -0.0807. The fraction of sp³-hybridized carbons (Fsp3) is 0.233. The second kappa shape index (κ2) is 10.7. The zero-order chi connectivity index (χ0) is 24.9. The van der Waals surface area contributed by atoms with Crippen LogP contribution in [0.5, 0.6) is 0 Å². The van der Waals surface area contributed by atoms with Crippen molar-refractivity contribution in [2.24, 2.45) is 0 Å². The highest BCUT2D eigenvalue weighted by molar-refractivity contribution is 6.06. The number of nitrogens with one attached hydrogen (secondary N) is 1. The summed E-state index contributed by atoms with van der Waals surface area (Å²) in [5, 5.41) is 4.61. The van der Waals surface area contributed by atoms with Gasteiger partial charge in [0.1, 0.15) is 0 Å². The minimum atomic E-state index is -0.143. The van der Waals surface area contributed by atoms with Gasteiger partial charge < -0.3 is 10.2 Å². The molecule has 0 radical (unpaired) electrons. The van der Waals surface area contributed by atoms with Gasteiger partial charge in [0.2, 0.25) is 5.91 Å². The Morgan fingerprint density at radius 2 is 1.53 bits per heavy atom. The van der Waals surface area contributed by atoms with Crippen LogP contribution in [0.25, 0.3) is 10.8 Å². The van der Waals surface area contributed by atoms with Crippen LogP contribution >= 0.6 is 0 Å². The minimum absolute atomic E-state index is 0.0152. The maximum absolute atomic E-state index is 13.7. The highest BCUT2D eigenvalue weighted by atomic mass is 16.2. The number of pyridine rings is 1. The van der Waals surface area contributed by atoms with Gasteiger partial charge in [-0.25, -0.2) is 0 Å². The van der Waals surface area contributed by atoms with Crippen molar-refractivity contribution in [1.82, 2.24) is 20.1 Å². The zero-order valence-electron chi connectivity index (χ0n) is 20.4. The largest absolute Gasteiger partial charge is 0.359 e. The first-order chi connectivity index (χ1) is 17.7. The molecule has 0 saturated carbocycles. The molecule has 1 aromatic heterocycles. The summed E-state index contributed by atoms with van der Waals surface area (Å²) in [6.45, 7) is 1.69. The van der Waals surface area contributed by atoms with E-state index < -0.39 is 0 Å². The molecule has 1 fully saturated rings. The lowest BCUT2D eigenvalue weighted by atomic mass is 9.93. The van der Waals surface area contributed by atoms with Gasteiger partial charge in [0, 0.05) is 56.9 Å². The number of rotatable bonds is 6. The average molecular weight is 479 g/mol. The topological polar surface area (TPSA) is 65.5 Å². The number of aromatic nitrogens is 1. The van der Waals surface area contributed by atoms with Crippen molar-refractivity contribution >= 4 is 22.6 Å². The Morgan fingerprint density at radius 3 is 2.19 bits per heavy atom. The van der Waals surface area contributed by atoms with E-state index in [4.69, 9.17) is 0 Å². The fourth-order valence-corrected chi connectivity index (χ4v) is 5.19. The first kappa shape index (κ1) is 23.7.